The quantitative estimate of drug-likeness (QED) is 0.359. The van der Waals surface area contributed by atoms with E-state index in [2.05, 4.69) is 35.9 Å². The first kappa shape index (κ1) is 27.9. The molecule has 14 heteroatoms. The lowest BCUT2D eigenvalue weighted by atomic mass is 9.83. The van der Waals surface area contributed by atoms with Crippen LogP contribution >= 0.6 is 0 Å². The van der Waals surface area contributed by atoms with Crippen LogP contribution in [0.2, 0.25) is 0 Å². The molecule has 1 aromatic carbocycles. The maximum atomic E-state index is 15.2. The summed E-state index contributed by atoms with van der Waals surface area (Å²) in [6.07, 6.45) is 6.80. The van der Waals surface area contributed by atoms with Crippen molar-refractivity contribution < 1.29 is 18.6 Å². The van der Waals surface area contributed by atoms with Gasteiger partial charge in [0.15, 0.2) is 17.5 Å². The highest BCUT2D eigenvalue weighted by molar-refractivity contribution is 5.63. The summed E-state index contributed by atoms with van der Waals surface area (Å²) in [4.78, 5) is 23.3. The molecule has 0 aliphatic carbocycles. The number of hydrogen-bond donors (Lipinski definition) is 3. The first-order chi connectivity index (χ1) is 19.1. The Hall–Kier alpha value is -3.65. The van der Waals surface area contributed by atoms with E-state index in [-0.39, 0.29) is 35.5 Å². The van der Waals surface area contributed by atoms with Crippen molar-refractivity contribution in [2.75, 3.05) is 36.9 Å². The van der Waals surface area contributed by atoms with Crippen molar-refractivity contribution in [2.24, 2.45) is 13.0 Å². The number of aliphatic hydroxyl groups is 1. The van der Waals surface area contributed by atoms with Gasteiger partial charge in [-0.1, -0.05) is 6.42 Å². The van der Waals surface area contributed by atoms with E-state index in [1.54, 1.807) is 0 Å². The number of fused-ring (bicyclic) bond motifs is 1. The molecule has 40 heavy (non-hydrogen) atoms. The predicted molar refractivity (Wildman–Crippen MR) is 144 cm³/mol. The fourth-order valence-electron chi connectivity index (χ4n) is 5.35. The summed E-state index contributed by atoms with van der Waals surface area (Å²) in [7, 11) is 1.42. The van der Waals surface area contributed by atoms with Crippen LogP contribution in [0.4, 0.5) is 26.2 Å². The second kappa shape index (κ2) is 11.5. The Labute approximate surface area is 230 Å². The van der Waals surface area contributed by atoms with Gasteiger partial charge in [-0.2, -0.15) is 14.3 Å². The van der Waals surface area contributed by atoms with Crippen LogP contribution in [0.15, 0.2) is 23.1 Å². The Morgan fingerprint density at radius 3 is 2.67 bits per heavy atom. The Morgan fingerprint density at radius 2 is 1.93 bits per heavy atom. The van der Waals surface area contributed by atoms with E-state index in [9.17, 15) is 14.3 Å². The minimum atomic E-state index is -1.21. The number of nitrogens with zero attached hydrogens (tertiary/aromatic N) is 7. The van der Waals surface area contributed by atoms with Crippen molar-refractivity contribution in [3.63, 3.8) is 0 Å². The van der Waals surface area contributed by atoms with Crippen LogP contribution in [-0.4, -0.2) is 77.6 Å². The largest absolute Gasteiger partial charge is 0.488 e. The highest BCUT2D eigenvalue weighted by Gasteiger charge is 2.33. The van der Waals surface area contributed by atoms with Gasteiger partial charge in [0.1, 0.15) is 18.0 Å². The van der Waals surface area contributed by atoms with Crippen LogP contribution in [0, 0.1) is 17.6 Å². The summed E-state index contributed by atoms with van der Waals surface area (Å²) in [6.45, 7) is 5.71. The molecule has 3 aromatic rings. The summed E-state index contributed by atoms with van der Waals surface area (Å²) in [6, 6.07) is 2.85. The zero-order valence-electron chi connectivity index (χ0n) is 22.9. The maximum absolute atomic E-state index is 15.2. The minimum absolute atomic E-state index is 0.0283. The summed E-state index contributed by atoms with van der Waals surface area (Å²) >= 11 is 0. The van der Waals surface area contributed by atoms with E-state index in [4.69, 9.17) is 4.74 Å². The average molecular weight is 560 g/mol. The van der Waals surface area contributed by atoms with E-state index in [1.165, 1.54) is 39.8 Å². The maximum Gasteiger partial charge on any atom is 0.368 e. The lowest BCUT2D eigenvalue weighted by Crippen LogP contribution is -2.49. The van der Waals surface area contributed by atoms with Crippen molar-refractivity contribution >= 4 is 17.5 Å². The zero-order chi connectivity index (χ0) is 28.4. The topological polar surface area (TPSA) is 135 Å². The Balaban J connectivity index is 1.37. The van der Waals surface area contributed by atoms with E-state index in [0.29, 0.717) is 18.5 Å². The number of rotatable bonds is 9. The highest BCUT2D eigenvalue weighted by Crippen LogP contribution is 2.32. The van der Waals surface area contributed by atoms with Crippen molar-refractivity contribution in [3.05, 3.63) is 40.4 Å². The molecule has 2 aliphatic heterocycles. The molecule has 2 atom stereocenters. The molecule has 2 saturated heterocycles. The SMILES string of the molecule is Cn1nnn(-c2cc(Nc3ncc(F)c(NCC4CCCN5CCCCC45)n3)c(F)cc2OCC(C)(C)O)c1=O. The number of aromatic nitrogens is 6. The molecule has 0 radical (unpaired) electrons. The number of nitrogens with one attached hydrogen (secondary N) is 2. The van der Waals surface area contributed by atoms with Gasteiger partial charge in [-0.05, 0) is 75.0 Å². The molecular weight excluding hydrogens is 524 g/mol. The third-order valence-electron chi connectivity index (χ3n) is 7.33. The molecular formula is C26H35F2N9O3. The smallest absolute Gasteiger partial charge is 0.368 e. The van der Waals surface area contributed by atoms with Gasteiger partial charge >= 0.3 is 5.69 Å². The van der Waals surface area contributed by atoms with Crippen LogP contribution in [0.1, 0.15) is 46.0 Å². The van der Waals surface area contributed by atoms with Gasteiger partial charge in [0.05, 0.1) is 17.5 Å². The molecule has 3 N–H and O–H groups in total. The van der Waals surface area contributed by atoms with Crippen molar-refractivity contribution in [3.8, 4) is 11.4 Å². The lowest BCUT2D eigenvalue weighted by Gasteiger charge is -2.44. The van der Waals surface area contributed by atoms with Crippen molar-refractivity contribution in [1.29, 1.82) is 0 Å². The van der Waals surface area contributed by atoms with E-state index < -0.39 is 22.9 Å². The van der Waals surface area contributed by atoms with Crippen LogP contribution in [0.25, 0.3) is 5.69 Å². The number of piperidine rings is 2. The van der Waals surface area contributed by atoms with Crippen LogP contribution < -0.4 is 21.1 Å². The van der Waals surface area contributed by atoms with E-state index in [1.807, 2.05) is 0 Å². The molecule has 2 fully saturated rings. The Kier molecular flexibility index (Phi) is 7.99. The normalized spacial score (nSPS) is 19.8. The fourth-order valence-corrected chi connectivity index (χ4v) is 5.35. The number of aryl methyl sites for hydroxylation is 1. The average Bonchev–Trinajstić information content (AvgIpc) is 3.26. The summed E-state index contributed by atoms with van der Waals surface area (Å²) < 4.78 is 37.4. The highest BCUT2D eigenvalue weighted by atomic mass is 19.1. The molecule has 0 bridgehead atoms. The number of hydrogen-bond acceptors (Lipinski definition) is 10. The molecule has 2 aliphatic rings. The predicted octanol–water partition coefficient (Wildman–Crippen LogP) is 2.60. The summed E-state index contributed by atoms with van der Waals surface area (Å²) in [5.41, 5.74) is -1.81. The zero-order valence-corrected chi connectivity index (χ0v) is 22.9. The number of halogens is 2. The monoisotopic (exact) mass is 559 g/mol. The Morgan fingerprint density at radius 1 is 1.12 bits per heavy atom. The third-order valence-corrected chi connectivity index (χ3v) is 7.33. The van der Waals surface area contributed by atoms with Crippen LogP contribution in [0.3, 0.4) is 0 Å². The molecule has 2 unspecified atom stereocenters. The molecule has 0 saturated carbocycles. The first-order valence-electron chi connectivity index (χ1n) is 13.5. The molecule has 4 heterocycles. The van der Waals surface area contributed by atoms with Gasteiger partial charge in [-0.15, -0.1) is 0 Å². The summed E-state index contributed by atoms with van der Waals surface area (Å²) in [5.74, 6) is -0.992. The van der Waals surface area contributed by atoms with Gasteiger partial charge in [-0.3, -0.25) is 0 Å². The molecule has 0 spiro atoms. The van der Waals surface area contributed by atoms with Gasteiger partial charge in [0.2, 0.25) is 5.95 Å². The van der Waals surface area contributed by atoms with Gasteiger partial charge in [0, 0.05) is 25.7 Å². The van der Waals surface area contributed by atoms with Crippen molar-refractivity contribution in [1.82, 2.24) is 34.7 Å². The molecule has 216 valence electrons. The lowest BCUT2D eigenvalue weighted by molar-refractivity contribution is 0.0283. The number of tetrazole rings is 1. The fraction of sp³-hybridized carbons (Fsp3) is 0.577. The van der Waals surface area contributed by atoms with E-state index >= 15 is 4.39 Å². The molecule has 2 aromatic heterocycles. The van der Waals surface area contributed by atoms with Crippen LogP contribution in [-0.2, 0) is 7.05 Å². The van der Waals surface area contributed by atoms with Gasteiger partial charge in [0.25, 0.3) is 0 Å². The van der Waals surface area contributed by atoms with Gasteiger partial charge < -0.3 is 25.4 Å². The number of anilines is 3. The Bertz CT molecular complexity index is 1400. The van der Waals surface area contributed by atoms with Crippen molar-refractivity contribution in [2.45, 2.75) is 57.6 Å². The molecule has 0 amide bonds. The molecule has 12 nitrogen and oxygen atoms in total. The summed E-state index contributed by atoms with van der Waals surface area (Å²) in [5, 5.41) is 23.5. The number of ether oxygens (including phenoxy) is 1. The minimum Gasteiger partial charge on any atom is -0.488 e. The van der Waals surface area contributed by atoms with E-state index in [0.717, 1.165) is 54.0 Å². The standard InChI is InChI=1S/C26H35F2N9O3/c1-26(2,39)15-40-22-11-17(27)19(12-21(22)37-25(38)35(3)33-34-37)31-24-30-14-18(28)23(32-24)29-13-16-7-6-10-36-9-5-4-8-20(16)36/h11-12,14,16,20,39H,4-10,13,15H2,1-3H3,(H2,29,30,31,32). The molecule has 5 rings (SSSR count). The second-order valence-corrected chi connectivity index (χ2v) is 11.1. The third kappa shape index (κ3) is 6.22. The van der Waals surface area contributed by atoms with Crippen LogP contribution in [0.5, 0.6) is 5.75 Å². The second-order valence-electron chi connectivity index (χ2n) is 11.1. The van der Waals surface area contributed by atoms with Gasteiger partial charge in [-0.25, -0.2) is 18.6 Å². The number of benzene rings is 1. The first-order valence-corrected chi connectivity index (χ1v) is 13.5.